The zero-order valence-corrected chi connectivity index (χ0v) is 28.1. The van der Waals surface area contributed by atoms with Crippen LogP contribution in [0, 0.1) is 0 Å². The summed E-state index contributed by atoms with van der Waals surface area (Å²) >= 11 is 12.5. The third kappa shape index (κ3) is 7.74. The van der Waals surface area contributed by atoms with E-state index in [2.05, 4.69) is 0 Å². The first kappa shape index (κ1) is 34.4. The van der Waals surface area contributed by atoms with Gasteiger partial charge in [-0.25, -0.2) is 0 Å². The number of halogens is 2. The molecule has 2 heterocycles. The van der Waals surface area contributed by atoms with E-state index in [4.69, 9.17) is 51.6 Å². The van der Waals surface area contributed by atoms with Gasteiger partial charge in [0, 0.05) is 6.92 Å². The normalized spacial score (nSPS) is 21.7. The van der Waals surface area contributed by atoms with E-state index in [-0.39, 0.29) is 41.0 Å². The summed E-state index contributed by atoms with van der Waals surface area (Å²) in [5, 5.41) is 0.222. The topological polar surface area (TPSA) is 110 Å². The number of methoxy groups -OCH3 is 1. The Hall–Kier alpha value is -4.45. The molecule has 12 heteroatoms. The van der Waals surface area contributed by atoms with Crippen LogP contribution in [0.5, 0.6) is 11.5 Å². The zero-order chi connectivity index (χ0) is 34.5. The van der Waals surface area contributed by atoms with E-state index in [0.717, 1.165) is 16.0 Å². The molecule has 0 unspecified atom stereocenters. The molecule has 254 valence electrons. The van der Waals surface area contributed by atoms with Crippen LogP contribution in [0.25, 0.3) is 0 Å². The molecule has 5 atom stereocenters. The minimum Gasteiger partial charge on any atom is -0.497 e. The van der Waals surface area contributed by atoms with Crippen molar-refractivity contribution in [3.05, 3.63) is 129 Å². The Morgan fingerprint density at radius 1 is 0.776 bits per heavy atom. The predicted octanol–water partition coefficient (Wildman–Crippen LogP) is 6.50. The Bertz CT molecular complexity index is 1750. The summed E-state index contributed by atoms with van der Waals surface area (Å²) in [6.07, 6.45) is -4.51. The predicted molar refractivity (Wildman–Crippen MR) is 180 cm³/mol. The highest BCUT2D eigenvalue weighted by atomic mass is 35.5. The lowest BCUT2D eigenvalue weighted by Gasteiger charge is -2.47. The summed E-state index contributed by atoms with van der Waals surface area (Å²) in [4.78, 5) is 41.8. The van der Waals surface area contributed by atoms with Gasteiger partial charge in [0.15, 0.2) is 6.10 Å². The Kier molecular flexibility index (Phi) is 10.8. The smallest absolute Gasteiger partial charge is 0.303 e. The summed E-state index contributed by atoms with van der Waals surface area (Å²) in [5.41, 5.74) is 1.84. The van der Waals surface area contributed by atoms with Gasteiger partial charge in [-0.2, -0.15) is 0 Å². The lowest BCUT2D eigenvalue weighted by Crippen LogP contribution is -2.68. The summed E-state index contributed by atoms with van der Waals surface area (Å²) in [5.74, 6) is -0.999. The number of esters is 1. The summed E-state index contributed by atoms with van der Waals surface area (Å²) in [6, 6.07) is 27.0. The molecule has 4 aromatic carbocycles. The second-order valence-electron chi connectivity index (χ2n) is 11.5. The van der Waals surface area contributed by atoms with Crippen LogP contribution >= 0.6 is 23.2 Å². The first-order valence-electron chi connectivity index (χ1n) is 15.5. The quantitative estimate of drug-likeness (QED) is 0.120. The van der Waals surface area contributed by atoms with Gasteiger partial charge in [0.1, 0.15) is 29.7 Å². The van der Waals surface area contributed by atoms with E-state index >= 15 is 0 Å². The van der Waals surface area contributed by atoms with Crippen LogP contribution in [-0.4, -0.2) is 67.0 Å². The van der Waals surface area contributed by atoms with Gasteiger partial charge in [-0.3, -0.25) is 19.3 Å². The molecule has 2 aliphatic rings. The molecule has 1 fully saturated rings. The highest BCUT2D eigenvalue weighted by Gasteiger charge is 2.57. The third-order valence-corrected chi connectivity index (χ3v) is 8.89. The Morgan fingerprint density at radius 3 is 1.88 bits per heavy atom. The first-order valence-corrected chi connectivity index (χ1v) is 16.3. The minimum absolute atomic E-state index is 0.0411. The molecule has 0 N–H and O–H groups in total. The van der Waals surface area contributed by atoms with E-state index < -0.39 is 48.4 Å². The number of nitrogens with zero attached hydrogens (tertiary/aromatic N) is 1. The van der Waals surface area contributed by atoms with Crippen molar-refractivity contribution in [2.24, 2.45) is 0 Å². The number of amides is 2. The van der Waals surface area contributed by atoms with E-state index in [1.165, 1.54) is 19.1 Å². The third-order valence-electron chi connectivity index (χ3n) is 8.16. The molecule has 2 aliphatic heterocycles. The van der Waals surface area contributed by atoms with Crippen LogP contribution in [-0.2, 0) is 37.0 Å². The number of imide groups is 1. The standard InChI is InChI=1S/C37H33Cl2NO9/c1-22(41)47-33-31(21-45-19-23-9-5-3-6-10-23)49-37(48-26-15-13-25(44-2)14-16-26)32(34(33)46-20-24-11-7-4-8-12-24)40-35(42)27-17-29(38)30(39)18-28(27)36(40)43/h3-18,31-34,37H,19-21H2,1-2H3/t31-,32-,33-,34-,37-/m1/s1. The minimum atomic E-state index is -1.31. The SMILES string of the molecule is COc1ccc(O[C@@H]2O[C@H](COCc3ccccc3)[C@@H](OC(C)=O)[C@H](OCc3ccccc3)[C@H]2N2C(=O)c3cc(Cl)c(Cl)cc3C2=O)cc1. The fraction of sp³-hybridized carbons (Fsp3) is 0.270. The van der Waals surface area contributed by atoms with Gasteiger partial charge < -0.3 is 28.4 Å². The van der Waals surface area contributed by atoms with Crippen molar-refractivity contribution in [3.8, 4) is 11.5 Å². The first-order chi connectivity index (χ1) is 23.7. The number of hydrogen-bond donors (Lipinski definition) is 0. The van der Waals surface area contributed by atoms with Gasteiger partial charge in [0.2, 0.25) is 6.29 Å². The maximum absolute atomic E-state index is 14.1. The number of benzene rings is 4. The van der Waals surface area contributed by atoms with Crippen molar-refractivity contribution < 1.29 is 42.8 Å². The number of hydrogen-bond acceptors (Lipinski definition) is 9. The average molecular weight is 707 g/mol. The monoisotopic (exact) mass is 705 g/mol. The molecular weight excluding hydrogens is 673 g/mol. The molecule has 1 saturated heterocycles. The highest BCUT2D eigenvalue weighted by molar-refractivity contribution is 6.43. The van der Waals surface area contributed by atoms with E-state index in [0.29, 0.717) is 11.5 Å². The van der Waals surface area contributed by atoms with E-state index in [1.54, 1.807) is 31.4 Å². The van der Waals surface area contributed by atoms with Crippen LogP contribution in [0.3, 0.4) is 0 Å². The molecular formula is C37H33Cl2NO9. The number of fused-ring (bicyclic) bond motifs is 1. The number of rotatable bonds is 12. The van der Waals surface area contributed by atoms with Crippen molar-refractivity contribution in [3.63, 3.8) is 0 Å². The van der Waals surface area contributed by atoms with E-state index in [1.807, 2.05) is 60.7 Å². The summed E-state index contributed by atoms with van der Waals surface area (Å²) < 4.78 is 36.7. The molecule has 0 bridgehead atoms. The van der Waals surface area contributed by atoms with Crippen molar-refractivity contribution in [2.45, 2.75) is 50.8 Å². The van der Waals surface area contributed by atoms with Crippen molar-refractivity contribution in [1.29, 1.82) is 0 Å². The van der Waals surface area contributed by atoms with Crippen LogP contribution in [0.4, 0.5) is 0 Å². The van der Waals surface area contributed by atoms with Crippen molar-refractivity contribution >= 4 is 41.0 Å². The lowest BCUT2D eigenvalue weighted by molar-refractivity contribution is -0.272. The Morgan fingerprint density at radius 2 is 1.33 bits per heavy atom. The van der Waals surface area contributed by atoms with Crippen LogP contribution < -0.4 is 9.47 Å². The molecule has 0 spiro atoms. The largest absolute Gasteiger partial charge is 0.497 e. The van der Waals surface area contributed by atoms with Crippen LogP contribution in [0.15, 0.2) is 97.1 Å². The maximum Gasteiger partial charge on any atom is 0.303 e. The molecule has 49 heavy (non-hydrogen) atoms. The number of ether oxygens (including phenoxy) is 6. The Balaban J connectivity index is 1.41. The molecule has 4 aromatic rings. The van der Waals surface area contributed by atoms with Gasteiger partial charge in [0.25, 0.3) is 11.8 Å². The average Bonchev–Trinajstić information content (AvgIpc) is 3.33. The second kappa shape index (κ2) is 15.4. The molecule has 0 aromatic heterocycles. The summed E-state index contributed by atoms with van der Waals surface area (Å²) in [6.45, 7) is 1.52. The molecule has 6 rings (SSSR count). The Labute approximate surface area is 293 Å². The molecule has 10 nitrogen and oxygen atoms in total. The fourth-order valence-electron chi connectivity index (χ4n) is 5.86. The van der Waals surface area contributed by atoms with E-state index in [9.17, 15) is 14.4 Å². The van der Waals surface area contributed by atoms with Gasteiger partial charge in [-0.15, -0.1) is 0 Å². The summed E-state index contributed by atoms with van der Waals surface area (Å²) in [7, 11) is 1.54. The van der Waals surface area contributed by atoms with Crippen molar-refractivity contribution in [2.75, 3.05) is 13.7 Å². The van der Waals surface area contributed by atoms with Crippen molar-refractivity contribution in [1.82, 2.24) is 4.90 Å². The van der Waals surface area contributed by atoms with Gasteiger partial charge in [-0.05, 0) is 47.5 Å². The zero-order valence-electron chi connectivity index (χ0n) is 26.6. The maximum atomic E-state index is 14.1. The van der Waals surface area contributed by atoms with Crippen LogP contribution in [0.1, 0.15) is 38.8 Å². The number of carbonyl (C=O) groups excluding carboxylic acids is 3. The molecule has 0 saturated carbocycles. The van der Waals surface area contributed by atoms with Gasteiger partial charge in [-0.1, -0.05) is 83.9 Å². The number of carbonyl (C=O) groups is 3. The fourth-order valence-corrected chi connectivity index (χ4v) is 6.19. The lowest BCUT2D eigenvalue weighted by atomic mass is 9.94. The van der Waals surface area contributed by atoms with Crippen LogP contribution in [0.2, 0.25) is 10.0 Å². The molecule has 2 amide bonds. The second-order valence-corrected chi connectivity index (χ2v) is 12.3. The highest BCUT2D eigenvalue weighted by Crippen LogP contribution is 2.38. The van der Waals surface area contributed by atoms with Gasteiger partial charge in [0.05, 0.1) is 48.1 Å². The molecule has 0 aliphatic carbocycles. The van der Waals surface area contributed by atoms with Gasteiger partial charge >= 0.3 is 5.97 Å². The molecule has 0 radical (unpaired) electrons.